The van der Waals surface area contributed by atoms with Crippen LogP contribution in [-0.2, 0) is 4.74 Å². The summed E-state index contributed by atoms with van der Waals surface area (Å²) in [6.45, 7) is 5.83. The van der Waals surface area contributed by atoms with Crippen LogP contribution in [0.2, 0.25) is 0 Å². The van der Waals surface area contributed by atoms with Crippen molar-refractivity contribution >= 4 is 29.2 Å². The molecule has 0 fully saturated rings. The van der Waals surface area contributed by atoms with Gasteiger partial charge in [-0.25, -0.2) is 19.2 Å². The third kappa shape index (κ3) is 4.55. The van der Waals surface area contributed by atoms with Crippen molar-refractivity contribution in [3.8, 4) is 17.0 Å². The average molecular weight is 461 g/mol. The van der Waals surface area contributed by atoms with Crippen molar-refractivity contribution in [2.45, 2.75) is 26.7 Å². The van der Waals surface area contributed by atoms with Gasteiger partial charge in [-0.2, -0.15) is 0 Å². The second-order valence-electron chi connectivity index (χ2n) is 7.91. The van der Waals surface area contributed by atoms with E-state index in [1.54, 1.807) is 31.2 Å². The van der Waals surface area contributed by atoms with Gasteiger partial charge < -0.3 is 13.9 Å². The van der Waals surface area contributed by atoms with Gasteiger partial charge in [-0.05, 0) is 48.7 Å². The minimum Gasteiger partial charge on any atom is -0.481 e. The van der Waals surface area contributed by atoms with Crippen LogP contribution in [0.25, 0.3) is 34.4 Å². The number of aromatic nitrogens is 2. The third-order valence-corrected chi connectivity index (χ3v) is 5.28. The first-order valence-corrected chi connectivity index (χ1v) is 11.0. The summed E-state index contributed by atoms with van der Waals surface area (Å²) < 4.78 is 30.6. The molecule has 2 heterocycles. The van der Waals surface area contributed by atoms with Crippen LogP contribution in [0, 0.1) is 5.82 Å². The molecule has 0 unspecified atom stereocenters. The van der Waals surface area contributed by atoms with Crippen molar-refractivity contribution in [2.75, 3.05) is 13.7 Å². The summed E-state index contributed by atoms with van der Waals surface area (Å²) in [7, 11) is 1.52. The van der Waals surface area contributed by atoms with Gasteiger partial charge in [-0.1, -0.05) is 38.1 Å². The number of carbonyl (C=O) groups excluding carboxylic acids is 1. The number of carbonyl (C=O) groups is 1. The molecule has 2 aromatic carbocycles. The molecular formula is C27H25FN2O4. The summed E-state index contributed by atoms with van der Waals surface area (Å²) in [6.07, 6.45) is 3.43. The normalized spacial score (nSPS) is 11.5. The molecule has 7 heteroatoms. The fourth-order valence-corrected chi connectivity index (χ4v) is 3.77. The lowest BCUT2D eigenvalue weighted by atomic mass is 9.90. The number of para-hydroxylation sites is 2. The highest BCUT2D eigenvalue weighted by atomic mass is 19.1. The maximum Gasteiger partial charge on any atom is 0.340 e. The molecule has 0 N–H and O–H groups in total. The van der Waals surface area contributed by atoms with Crippen molar-refractivity contribution < 1.29 is 23.1 Å². The first kappa shape index (κ1) is 23.2. The van der Waals surface area contributed by atoms with Crippen molar-refractivity contribution in [3.05, 3.63) is 77.1 Å². The number of esters is 1. The Balaban J connectivity index is 1.98. The standard InChI is InChI=1S/C27H25FN2O4/c1-5-33-27(31)24-23(17-10-12-18(28)13-11-17)19(26(32-4)30-25(24)16(2)3)14-15-22-29-20-8-6-7-9-21(20)34-22/h6-16H,5H2,1-4H3. The summed E-state index contributed by atoms with van der Waals surface area (Å²) in [5.41, 5.74) is 3.95. The van der Waals surface area contributed by atoms with Crippen LogP contribution in [0.15, 0.2) is 52.9 Å². The second-order valence-corrected chi connectivity index (χ2v) is 7.91. The Hall–Kier alpha value is -4.00. The number of rotatable bonds is 7. The summed E-state index contributed by atoms with van der Waals surface area (Å²) in [5, 5.41) is 0. The summed E-state index contributed by atoms with van der Waals surface area (Å²) in [6, 6.07) is 13.4. The van der Waals surface area contributed by atoms with Gasteiger partial charge in [-0.15, -0.1) is 0 Å². The van der Waals surface area contributed by atoms with E-state index < -0.39 is 5.97 Å². The van der Waals surface area contributed by atoms with Gasteiger partial charge in [0.2, 0.25) is 11.8 Å². The first-order valence-electron chi connectivity index (χ1n) is 11.0. The number of hydrogen-bond acceptors (Lipinski definition) is 6. The molecule has 34 heavy (non-hydrogen) atoms. The van der Waals surface area contributed by atoms with Crippen molar-refractivity contribution in [1.82, 2.24) is 9.97 Å². The molecule has 4 rings (SSSR count). The molecule has 0 aliphatic rings. The van der Waals surface area contributed by atoms with Crippen LogP contribution in [0.5, 0.6) is 5.88 Å². The zero-order chi connectivity index (χ0) is 24.2. The molecule has 0 amide bonds. The highest BCUT2D eigenvalue weighted by Gasteiger charge is 2.27. The quantitative estimate of drug-likeness (QED) is 0.293. The summed E-state index contributed by atoms with van der Waals surface area (Å²) in [5.74, 6) is -0.266. The minimum absolute atomic E-state index is 0.0948. The Morgan fingerprint density at radius 2 is 1.82 bits per heavy atom. The SMILES string of the molecule is CCOC(=O)c1c(C(C)C)nc(OC)c(C=Cc2nc3ccccc3o2)c1-c1ccc(F)cc1. The molecular weight excluding hydrogens is 435 g/mol. The lowest BCUT2D eigenvalue weighted by Crippen LogP contribution is -2.15. The number of methoxy groups -OCH3 is 1. The van der Waals surface area contributed by atoms with Crippen LogP contribution >= 0.6 is 0 Å². The van der Waals surface area contributed by atoms with Gasteiger partial charge in [0.15, 0.2) is 5.58 Å². The predicted octanol–water partition coefficient (Wildman–Crippen LogP) is 6.51. The molecule has 0 radical (unpaired) electrons. The monoisotopic (exact) mass is 460 g/mol. The second kappa shape index (κ2) is 9.87. The number of hydrogen-bond donors (Lipinski definition) is 0. The zero-order valence-electron chi connectivity index (χ0n) is 19.5. The predicted molar refractivity (Wildman–Crippen MR) is 129 cm³/mol. The Bertz CT molecular complexity index is 1320. The smallest absolute Gasteiger partial charge is 0.340 e. The molecule has 0 atom stereocenters. The third-order valence-electron chi connectivity index (χ3n) is 5.28. The lowest BCUT2D eigenvalue weighted by Gasteiger charge is -2.20. The van der Waals surface area contributed by atoms with Crippen LogP contribution < -0.4 is 4.74 Å². The Labute approximate surface area is 197 Å². The summed E-state index contributed by atoms with van der Waals surface area (Å²) >= 11 is 0. The highest BCUT2D eigenvalue weighted by Crippen LogP contribution is 2.38. The Kier molecular flexibility index (Phi) is 6.72. The average Bonchev–Trinajstić information content (AvgIpc) is 3.25. The molecule has 0 saturated heterocycles. The summed E-state index contributed by atoms with van der Waals surface area (Å²) in [4.78, 5) is 22.3. The molecule has 0 aliphatic carbocycles. The number of halogens is 1. The number of benzene rings is 2. The number of nitrogens with zero attached hydrogens (tertiary/aromatic N) is 2. The molecule has 0 saturated carbocycles. The van der Waals surface area contributed by atoms with Gasteiger partial charge in [0.25, 0.3) is 0 Å². The molecule has 6 nitrogen and oxygen atoms in total. The number of fused-ring (bicyclic) bond motifs is 1. The molecule has 2 aromatic heterocycles. The molecule has 0 aliphatic heterocycles. The number of oxazole rings is 1. The minimum atomic E-state index is -0.503. The fraction of sp³-hybridized carbons (Fsp3) is 0.222. The molecule has 0 bridgehead atoms. The van der Waals surface area contributed by atoms with Gasteiger partial charge >= 0.3 is 5.97 Å². The Morgan fingerprint density at radius 1 is 1.09 bits per heavy atom. The topological polar surface area (TPSA) is 74.5 Å². The van der Waals surface area contributed by atoms with Crippen LogP contribution in [0.1, 0.15) is 54.2 Å². The van der Waals surface area contributed by atoms with E-state index in [0.717, 1.165) is 5.52 Å². The molecule has 0 spiro atoms. The maximum atomic E-state index is 13.7. The van der Waals surface area contributed by atoms with Crippen LogP contribution in [0.4, 0.5) is 4.39 Å². The number of pyridine rings is 1. The lowest BCUT2D eigenvalue weighted by molar-refractivity contribution is 0.0524. The molecule has 4 aromatic rings. The maximum absolute atomic E-state index is 13.7. The van der Waals surface area contributed by atoms with E-state index in [2.05, 4.69) is 9.97 Å². The molecule has 174 valence electrons. The van der Waals surface area contributed by atoms with Crippen molar-refractivity contribution in [2.24, 2.45) is 0 Å². The van der Waals surface area contributed by atoms with Crippen LogP contribution in [0.3, 0.4) is 0 Å². The van der Waals surface area contributed by atoms with Crippen molar-refractivity contribution in [3.63, 3.8) is 0 Å². The van der Waals surface area contributed by atoms with Gasteiger partial charge in [0, 0.05) is 17.2 Å². The number of ether oxygens (including phenoxy) is 2. The highest BCUT2D eigenvalue weighted by molar-refractivity contribution is 6.02. The largest absolute Gasteiger partial charge is 0.481 e. The van der Waals surface area contributed by atoms with E-state index in [9.17, 15) is 9.18 Å². The van der Waals surface area contributed by atoms with E-state index in [-0.39, 0.29) is 18.3 Å². The fourth-order valence-electron chi connectivity index (χ4n) is 3.77. The van der Waals surface area contributed by atoms with E-state index >= 15 is 0 Å². The Morgan fingerprint density at radius 3 is 2.47 bits per heavy atom. The van der Waals surface area contributed by atoms with E-state index in [1.807, 2.05) is 38.1 Å². The van der Waals surface area contributed by atoms with Crippen LogP contribution in [-0.4, -0.2) is 29.7 Å². The van der Waals surface area contributed by atoms with Gasteiger partial charge in [0.05, 0.1) is 25.0 Å². The van der Waals surface area contributed by atoms with Gasteiger partial charge in [-0.3, -0.25) is 0 Å². The van der Waals surface area contributed by atoms with E-state index in [1.165, 1.54) is 19.2 Å². The van der Waals surface area contributed by atoms with Gasteiger partial charge in [0.1, 0.15) is 11.3 Å². The van der Waals surface area contributed by atoms with E-state index in [4.69, 9.17) is 13.9 Å². The first-order chi connectivity index (χ1) is 16.4. The van der Waals surface area contributed by atoms with E-state index in [0.29, 0.717) is 45.3 Å². The van der Waals surface area contributed by atoms with Crippen molar-refractivity contribution in [1.29, 1.82) is 0 Å². The zero-order valence-corrected chi connectivity index (χ0v) is 19.5.